The largest absolute Gasteiger partial charge is 0.375 e. The van der Waals surface area contributed by atoms with E-state index < -0.39 is 0 Å². The fraction of sp³-hybridized carbons (Fsp3) is 0.929. The van der Waals surface area contributed by atoms with Crippen LogP contribution in [0.15, 0.2) is 0 Å². The van der Waals surface area contributed by atoms with E-state index in [0.29, 0.717) is 30.6 Å². The first-order chi connectivity index (χ1) is 8.65. The minimum absolute atomic E-state index is 0. The van der Waals surface area contributed by atoms with E-state index in [1.165, 1.54) is 0 Å². The summed E-state index contributed by atoms with van der Waals surface area (Å²) in [6.07, 6.45) is 5.53. The molecule has 2 saturated heterocycles. The van der Waals surface area contributed by atoms with Crippen LogP contribution in [0.25, 0.3) is 0 Å². The van der Waals surface area contributed by atoms with Crippen molar-refractivity contribution in [2.24, 2.45) is 5.92 Å². The number of hydrogen-bond donors (Lipinski definition) is 2. The fourth-order valence-corrected chi connectivity index (χ4v) is 2.85. The summed E-state index contributed by atoms with van der Waals surface area (Å²) in [7, 11) is 0. The Bertz CT molecular complexity index is 289. The molecule has 0 bridgehead atoms. The van der Waals surface area contributed by atoms with Crippen LogP contribution in [0.5, 0.6) is 0 Å². The maximum absolute atomic E-state index is 11.9. The third kappa shape index (κ3) is 5.28. The predicted molar refractivity (Wildman–Crippen MR) is 78.6 cm³/mol. The molecular formula is C14H27ClN2O2. The Morgan fingerprint density at radius 1 is 1.32 bits per heavy atom. The van der Waals surface area contributed by atoms with E-state index in [9.17, 15) is 4.79 Å². The lowest BCUT2D eigenvalue weighted by atomic mass is 9.94. The van der Waals surface area contributed by atoms with E-state index in [4.69, 9.17) is 4.74 Å². The highest BCUT2D eigenvalue weighted by Gasteiger charge is 2.25. The molecule has 2 aliphatic heterocycles. The Kier molecular flexibility index (Phi) is 7.11. The molecule has 2 fully saturated rings. The number of ether oxygens (including phenoxy) is 1. The number of hydrogen-bond acceptors (Lipinski definition) is 3. The van der Waals surface area contributed by atoms with Crippen molar-refractivity contribution in [2.45, 2.75) is 64.2 Å². The fourth-order valence-electron chi connectivity index (χ4n) is 2.85. The maximum Gasteiger partial charge on any atom is 0.220 e. The molecule has 0 spiro atoms. The van der Waals surface area contributed by atoms with Gasteiger partial charge in [0, 0.05) is 19.0 Å². The van der Waals surface area contributed by atoms with Crippen LogP contribution in [-0.4, -0.2) is 37.2 Å². The second kappa shape index (κ2) is 8.08. The highest BCUT2D eigenvalue weighted by molar-refractivity contribution is 5.85. The first-order valence-electron chi connectivity index (χ1n) is 7.30. The van der Waals surface area contributed by atoms with E-state index >= 15 is 0 Å². The Morgan fingerprint density at radius 2 is 2.11 bits per heavy atom. The summed E-state index contributed by atoms with van der Waals surface area (Å²) in [5, 5.41) is 6.48. The number of rotatable bonds is 4. The SMILES string of the molecule is CC1CCC(CCC(=O)NC2CNCCC2C)O1.Cl. The number of piperidine rings is 1. The molecule has 0 aromatic carbocycles. The molecule has 19 heavy (non-hydrogen) atoms. The van der Waals surface area contributed by atoms with E-state index in [2.05, 4.69) is 24.5 Å². The van der Waals surface area contributed by atoms with Gasteiger partial charge < -0.3 is 15.4 Å². The van der Waals surface area contributed by atoms with Crippen molar-refractivity contribution in [3.05, 3.63) is 0 Å². The van der Waals surface area contributed by atoms with Crippen molar-refractivity contribution < 1.29 is 9.53 Å². The van der Waals surface area contributed by atoms with Gasteiger partial charge in [-0.15, -0.1) is 12.4 Å². The van der Waals surface area contributed by atoms with Crippen LogP contribution in [0.2, 0.25) is 0 Å². The Balaban J connectivity index is 0.00000180. The normalized spacial score (nSPS) is 34.6. The van der Waals surface area contributed by atoms with Gasteiger partial charge in [-0.3, -0.25) is 4.79 Å². The number of carbonyl (C=O) groups excluding carboxylic acids is 1. The predicted octanol–water partition coefficient (Wildman–Crippen LogP) is 1.87. The van der Waals surface area contributed by atoms with Gasteiger partial charge in [-0.2, -0.15) is 0 Å². The summed E-state index contributed by atoms with van der Waals surface area (Å²) in [5.41, 5.74) is 0. The van der Waals surface area contributed by atoms with Gasteiger partial charge in [0.05, 0.1) is 12.2 Å². The highest BCUT2D eigenvalue weighted by Crippen LogP contribution is 2.22. The van der Waals surface area contributed by atoms with Crippen molar-refractivity contribution in [1.82, 2.24) is 10.6 Å². The van der Waals surface area contributed by atoms with E-state index in [1.54, 1.807) is 0 Å². The number of carbonyl (C=O) groups is 1. The molecule has 1 amide bonds. The van der Waals surface area contributed by atoms with Gasteiger partial charge in [0.15, 0.2) is 0 Å². The Morgan fingerprint density at radius 3 is 2.74 bits per heavy atom. The monoisotopic (exact) mass is 290 g/mol. The summed E-state index contributed by atoms with van der Waals surface area (Å²) in [6.45, 7) is 6.30. The summed E-state index contributed by atoms with van der Waals surface area (Å²) >= 11 is 0. The van der Waals surface area contributed by atoms with Gasteiger partial charge in [-0.1, -0.05) is 6.92 Å². The van der Waals surface area contributed by atoms with Crippen LogP contribution in [0.1, 0.15) is 46.0 Å². The van der Waals surface area contributed by atoms with Gasteiger partial charge >= 0.3 is 0 Å². The van der Waals surface area contributed by atoms with E-state index in [0.717, 1.165) is 38.8 Å². The van der Waals surface area contributed by atoms with Gasteiger partial charge in [-0.05, 0) is 45.1 Å². The lowest BCUT2D eigenvalue weighted by Crippen LogP contribution is -2.50. The molecule has 0 aromatic heterocycles. The molecule has 2 heterocycles. The molecule has 4 unspecified atom stereocenters. The zero-order valence-corrected chi connectivity index (χ0v) is 12.8. The molecular weight excluding hydrogens is 264 g/mol. The van der Waals surface area contributed by atoms with Crippen LogP contribution in [0, 0.1) is 5.92 Å². The molecule has 4 atom stereocenters. The Labute approximate surface area is 122 Å². The molecule has 2 N–H and O–H groups in total. The average Bonchev–Trinajstić information content (AvgIpc) is 2.76. The van der Waals surface area contributed by atoms with Crippen LogP contribution in [-0.2, 0) is 9.53 Å². The molecule has 5 heteroatoms. The lowest BCUT2D eigenvalue weighted by Gasteiger charge is -2.30. The van der Waals surface area contributed by atoms with Gasteiger partial charge in [-0.25, -0.2) is 0 Å². The maximum atomic E-state index is 11.9. The molecule has 2 rings (SSSR count). The highest BCUT2D eigenvalue weighted by atomic mass is 35.5. The van der Waals surface area contributed by atoms with E-state index in [1.807, 2.05) is 0 Å². The smallest absolute Gasteiger partial charge is 0.220 e. The number of halogens is 1. The average molecular weight is 291 g/mol. The minimum Gasteiger partial charge on any atom is -0.375 e. The first-order valence-corrected chi connectivity index (χ1v) is 7.30. The minimum atomic E-state index is 0. The second-order valence-electron chi connectivity index (χ2n) is 5.83. The third-order valence-electron chi connectivity index (χ3n) is 4.19. The van der Waals surface area contributed by atoms with Crippen LogP contribution in [0.4, 0.5) is 0 Å². The quantitative estimate of drug-likeness (QED) is 0.831. The topological polar surface area (TPSA) is 50.4 Å². The summed E-state index contributed by atoms with van der Waals surface area (Å²) in [5.74, 6) is 0.761. The van der Waals surface area contributed by atoms with Crippen molar-refractivity contribution in [3.63, 3.8) is 0 Å². The zero-order valence-electron chi connectivity index (χ0n) is 12.0. The molecule has 4 nitrogen and oxygen atoms in total. The second-order valence-corrected chi connectivity index (χ2v) is 5.83. The van der Waals surface area contributed by atoms with Crippen LogP contribution >= 0.6 is 12.4 Å². The molecule has 2 aliphatic rings. The van der Waals surface area contributed by atoms with E-state index in [-0.39, 0.29) is 18.3 Å². The molecule has 0 radical (unpaired) electrons. The van der Waals surface area contributed by atoms with Crippen LogP contribution in [0.3, 0.4) is 0 Å². The molecule has 0 aromatic rings. The third-order valence-corrected chi connectivity index (χ3v) is 4.19. The Hall–Kier alpha value is -0.320. The number of nitrogens with one attached hydrogen (secondary N) is 2. The first kappa shape index (κ1) is 16.7. The summed E-state index contributed by atoms with van der Waals surface area (Å²) < 4.78 is 5.73. The molecule has 112 valence electrons. The zero-order chi connectivity index (χ0) is 13.0. The van der Waals surface area contributed by atoms with Crippen LogP contribution < -0.4 is 10.6 Å². The van der Waals surface area contributed by atoms with Crippen molar-refractivity contribution >= 4 is 18.3 Å². The van der Waals surface area contributed by atoms with Gasteiger partial charge in [0.1, 0.15) is 0 Å². The summed E-state index contributed by atoms with van der Waals surface area (Å²) in [6, 6.07) is 0.301. The van der Waals surface area contributed by atoms with Gasteiger partial charge in [0.2, 0.25) is 5.91 Å². The standard InChI is InChI=1S/C14H26N2O2.ClH/c1-10-7-8-15-9-13(10)16-14(17)6-5-12-4-3-11(2)18-12;/h10-13,15H,3-9H2,1-2H3,(H,16,17);1H. The van der Waals surface area contributed by atoms with Crippen molar-refractivity contribution in [1.29, 1.82) is 0 Å². The summed E-state index contributed by atoms with van der Waals surface area (Å²) in [4.78, 5) is 11.9. The lowest BCUT2D eigenvalue weighted by molar-refractivity contribution is -0.123. The molecule has 0 aliphatic carbocycles. The van der Waals surface area contributed by atoms with Crippen molar-refractivity contribution in [3.8, 4) is 0 Å². The van der Waals surface area contributed by atoms with Gasteiger partial charge in [0.25, 0.3) is 0 Å². The van der Waals surface area contributed by atoms with Crippen molar-refractivity contribution in [2.75, 3.05) is 13.1 Å². The molecule has 0 saturated carbocycles. The number of amides is 1.